The van der Waals surface area contributed by atoms with Crippen molar-refractivity contribution in [2.24, 2.45) is 0 Å². The van der Waals surface area contributed by atoms with E-state index in [0.29, 0.717) is 12.8 Å². The van der Waals surface area contributed by atoms with Gasteiger partial charge in [-0.15, -0.1) is 0 Å². The molecule has 116 valence electrons. The molecule has 0 saturated heterocycles. The molecular formula is C17H30O3. The zero-order valence-corrected chi connectivity index (χ0v) is 13.5. The van der Waals surface area contributed by atoms with Gasteiger partial charge in [0.1, 0.15) is 11.2 Å². The fourth-order valence-corrected chi connectivity index (χ4v) is 2.38. The molecule has 20 heavy (non-hydrogen) atoms. The van der Waals surface area contributed by atoms with Crippen molar-refractivity contribution in [1.82, 2.24) is 0 Å². The smallest absolute Gasteiger partial charge is 0.423 e. The lowest BCUT2D eigenvalue weighted by atomic mass is 9.94. The van der Waals surface area contributed by atoms with Gasteiger partial charge in [0.25, 0.3) is 0 Å². The topological polar surface area (TPSA) is 35.5 Å². The third kappa shape index (κ3) is 5.03. The third-order valence-electron chi connectivity index (χ3n) is 3.86. The molecule has 0 aromatic rings. The summed E-state index contributed by atoms with van der Waals surface area (Å²) in [5, 5.41) is 0. The van der Waals surface area contributed by atoms with Crippen molar-refractivity contribution in [3.8, 4) is 0 Å². The van der Waals surface area contributed by atoms with E-state index in [2.05, 4.69) is 27.0 Å². The van der Waals surface area contributed by atoms with E-state index < -0.39 is 17.4 Å². The van der Waals surface area contributed by atoms with Crippen LogP contribution >= 0.6 is 0 Å². The second-order valence-corrected chi connectivity index (χ2v) is 5.20. The van der Waals surface area contributed by atoms with Crippen molar-refractivity contribution in [3.05, 3.63) is 25.3 Å². The van der Waals surface area contributed by atoms with Crippen LogP contribution in [-0.4, -0.2) is 17.4 Å². The maximum Gasteiger partial charge on any atom is 0.510 e. The van der Waals surface area contributed by atoms with Gasteiger partial charge in [-0.1, -0.05) is 53.7 Å². The summed E-state index contributed by atoms with van der Waals surface area (Å²) in [5.74, 6) is 0. The molecule has 2 atom stereocenters. The average molecular weight is 282 g/mol. The lowest BCUT2D eigenvalue weighted by molar-refractivity contribution is -0.0583. The molecule has 3 heteroatoms. The van der Waals surface area contributed by atoms with Crippen LogP contribution in [0, 0.1) is 0 Å². The predicted octanol–water partition coefficient (Wildman–Crippen LogP) is 5.41. The van der Waals surface area contributed by atoms with Gasteiger partial charge in [0, 0.05) is 0 Å². The molecule has 0 aliphatic rings. The van der Waals surface area contributed by atoms with Crippen molar-refractivity contribution < 1.29 is 14.3 Å². The second kappa shape index (κ2) is 8.83. The number of rotatable bonds is 10. The Morgan fingerprint density at radius 3 is 1.45 bits per heavy atom. The van der Waals surface area contributed by atoms with Gasteiger partial charge in [0.15, 0.2) is 0 Å². The molecule has 0 heterocycles. The zero-order chi connectivity index (χ0) is 15.6. The summed E-state index contributed by atoms with van der Waals surface area (Å²) in [5.41, 5.74) is -1.25. The minimum atomic E-state index is -0.629. The van der Waals surface area contributed by atoms with Crippen LogP contribution in [-0.2, 0) is 9.47 Å². The summed E-state index contributed by atoms with van der Waals surface area (Å²) in [4.78, 5) is 12.1. The Labute approximate surface area is 124 Å². The first kappa shape index (κ1) is 18.8. The first-order chi connectivity index (χ1) is 9.46. The average Bonchev–Trinajstić information content (AvgIpc) is 2.46. The Morgan fingerprint density at radius 1 is 0.900 bits per heavy atom. The van der Waals surface area contributed by atoms with Gasteiger partial charge in [-0.2, -0.15) is 0 Å². The summed E-state index contributed by atoms with van der Waals surface area (Å²) in [6.07, 6.45) is 7.52. The molecule has 0 saturated carbocycles. The van der Waals surface area contributed by atoms with Gasteiger partial charge in [-0.25, -0.2) is 4.79 Å². The summed E-state index contributed by atoms with van der Waals surface area (Å²) >= 11 is 0. The summed E-state index contributed by atoms with van der Waals surface area (Å²) < 4.78 is 11.1. The molecule has 0 aliphatic heterocycles. The highest BCUT2D eigenvalue weighted by Crippen LogP contribution is 2.28. The lowest BCUT2D eigenvalue weighted by Crippen LogP contribution is -2.38. The van der Waals surface area contributed by atoms with Gasteiger partial charge in [0.2, 0.25) is 0 Å². The van der Waals surface area contributed by atoms with E-state index >= 15 is 0 Å². The molecule has 0 amide bonds. The van der Waals surface area contributed by atoms with Crippen LogP contribution in [0.15, 0.2) is 25.3 Å². The predicted molar refractivity (Wildman–Crippen MR) is 83.8 cm³/mol. The Hall–Kier alpha value is -1.25. The van der Waals surface area contributed by atoms with Crippen LogP contribution in [0.3, 0.4) is 0 Å². The molecule has 0 radical (unpaired) electrons. The standard InChI is InChI=1S/C17H30O3/c1-7-13-16(9-3,10-4)19-15(18)20-17(11-5,12-6)14-8-2/h9,11H,3,5,7-8,10,12-14H2,1-2,4,6H3. The number of carbonyl (C=O) groups is 1. The van der Waals surface area contributed by atoms with Crippen LogP contribution in [0.25, 0.3) is 0 Å². The maximum absolute atomic E-state index is 12.1. The first-order valence-corrected chi connectivity index (χ1v) is 7.66. The fourth-order valence-electron chi connectivity index (χ4n) is 2.38. The monoisotopic (exact) mass is 282 g/mol. The van der Waals surface area contributed by atoms with E-state index in [9.17, 15) is 4.79 Å². The van der Waals surface area contributed by atoms with Crippen molar-refractivity contribution >= 4 is 6.16 Å². The third-order valence-corrected chi connectivity index (χ3v) is 3.86. The molecule has 0 aromatic carbocycles. The minimum Gasteiger partial charge on any atom is -0.423 e. The van der Waals surface area contributed by atoms with Crippen molar-refractivity contribution in [1.29, 1.82) is 0 Å². The molecule has 0 spiro atoms. The van der Waals surface area contributed by atoms with E-state index in [4.69, 9.17) is 9.47 Å². The molecule has 0 rings (SSSR count). The van der Waals surface area contributed by atoms with Gasteiger partial charge in [-0.05, 0) is 37.8 Å². The minimum absolute atomic E-state index is 0.626. The van der Waals surface area contributed by atoms with Gasteiger partial charge >= 0.3 is 6.16 Å². The molecule has 0 N–H and O–H groups in total. The quantitative estimate of drug-likeness (QED) is 0.397. The Bertz CT molecular complexity index is 294. The van der Waals surface area contributed by atoms with Gasteiger partial charge in [0.05, 0.1) is 0 Å². The molecule has 0 bridgehead atoms. The van der Waals surface area contributed by atoms with E-state index in [0.717, 1.165) is 25.7 Å². The Morgan fingerprint density at radius 2 is 1.25 bits per heavy atom. The summed E-state index contributed by atoms with van der Waals surface area (Å²) in [6, 6.07) is 0. The van der Waals surface area contributed by atoms with E-state index in [1.165, 1.54) is 0 Å². The fraction of sp³-hybridized carbons (Fsp3) is 0.706. The second-order valence-electron chi connectivity index (χ2n) is 5.20. The highest BCUT2D eigenvalue weighted by molar-refractivity contribution is 5.62. The molecule has 2 unspecified atom stereocenters. The van der Waals surface area contributed by atoms with Crippen LogP contribution < -0.4 is 0 Å². The Balaban J connectivity index is 4.89. The highest BCUT2D eigenvalue weighted by atomic mass is 16.7. The van der Waals surface area contributed by atoms with E-state index in [-0.39, 0.29) is 0 Å². The van der Waals surface area contributed by atoms with Crippen LogP contribution in [0.5, 0.6) is 0 Å². The van der Waals surface area contributed by atoms with Crippen LogP contribution in [0.1, 0.15) is 66.2 Å². The van der Waals surface area contributed by atoms with Gasteiger partial charge in [-0.3, -0.25) is 0 Å². The van der Waals surface area contributed by atoms with Crippen molar-refractivity contribution in [3.63, 3.8) is 0 Å². The number of carbonyl (C=O) groups excluding carboxylic acids is 1. The molecule has 0 aromatic heterocycles. The zero-order valence-electron chi connectivity index (χ0n) is 13.5. The van der Waals surface area contributed by atoms with E-state index in [1.54, 1.807) is 12.2 Å². The summed E-state index contributed by atoms with van der Waals surface area (Å²) in [6.45, 7) is 15.7. The largest absolute Gasteiger partial charge is 0.510 e. The van der Waals surface area contributed by atoms with Crippen molar-refractivity contribution in [2.75, 3.05) is 0 Å². The SMILES string of the molecule is C=CC(CC)(CCC)OC(=O)OC(C=C)(CC)CCC. The molecule has 0 aliphatic carbocycles. The van der Waals surface area contributed by atoms with Crippen LogP contribution in [0.2, 0.25) is 0 Å². The normalized spacial score (nSPS) is 16.6. The number of ether oxygens (including phenoxy) is 2. The number of hydrogen-bond donors (Lipinski definition) is 0. The molecular weight excluding hydrogens is 252 g/mol. The summed E-state index contributed by atoms with van der Waals surface area (Å²) in [7, 11) is 0. The molecule has 3 nitrogen and oxygen atoms in total. The molecule has 0 fully saturated rings. The number of hydrogen-bond acceptors (Lipinski definition) is 3. The lowest BCUT2D eigenvalue weighted by Gasteiger charge is -2.33. The van der Waals surface area contributed by atoms with E-state index in [1.807, 2.05) is 13.8 Å². The van der Waals surface area contributed by atoms with Crippen LogP contribution in [0.4, 0.5) is 4.79 Å². The maximum atomic E-state index is 12.1. The Kier molecular flexibility index (Phi) is 8.28. The van der Waals surface area contributed by atoms with Crippen molar-refractivity contribution in [2.45, 2.75) is 77.4 Å². The highest BCUT2D eigenvalue weighted by Gasteiger charge is 2.34. The first-order valence-electron chi connectivity index (χ1n) is 7.66. The van der Waals surface area contributed by atoms with Gasteiger partial charge < -0.3 is 9.47 Å².